The molecule has 3 rings (SSSR count). The number of aliphatic hydroxyl groups is 8. The van der Waals surface area contributed by atoms with Gasteiger partial charge in [-0.3, -0.25) is 4.79 Å². The van der Waals surface area contributed by atoms with Crippen LogP contribution in [0.25, 0.3) is 0 Å². The monoisotopic (exact) mass is 585 g/mol. The molecule has 234 valence electrons. The van der Waals surface area contributed by atoms with E-state index >= 15 is 0 Å². The van der Waals surface area contributed by atoms with Crippen LogP contribution in [0.3, 0.4) is 0 Å². The summed E-state index contributed by atoms with van der Waals surface area (Å²) in [6.45, 7) is -0.898. The molecule has 0 aromatic carbocycles. The third-order valence-corrected chi connectivity index (χ3v) is 7.51. The van der Waals surface area contributed by atoms with Crippen LogP contribution < -0.4 is 28.3 Å². The molecule has 0 aromatic heterocycles. The summed E-state index contributed by atoms with van der Waals surface area (Å²) >= 11 is 0. The average Bonchev–Trinajstić information content (AvgIpc) is 2.92. The van der Waals surface area contributed by atoms with Gasteiger partial charge in [-0.05, 0) is 19.4 Å². The number of rotatable bonds is 10. The zero-order valence-corrected chi connectivity index (χ0v) is 21.7. The number of carbonyl (C=O) groups is 1. The predicted molar refractivity (Wildman–Crippen MR) is 131 cm³/mol. The first-order chi connectivity index (χ1) is 18.9. The maximum Gasteiger partial charge on any atom is 0.249 e. The molecule has 16 atom stereocenters. The van der Waals surface area contributed by atoms with Crippen LogP contribution in [0.2, 0.25) is 0 Å². The molecule has 0 bridgehead atoms. The van der Waals surface area contributed by atoms with E-state index in [1.165, 1.54) is 0 Å². The van der Waals surface area contributed by atoms with Crippen LogP contribution >= 0.6 is 0 Å². The molecular formula is C22H43N5O13. The molecule has 2 saturated heterocycles. The fourth-order valence-corrected chi connectivity index (χ4v) is 5.07. The van der Waals surface area contributed by atoms with Crippen molar-refractivity contribution in [3.8, 4) is 0 Å². The SMILES string of the molecule is NCC[C@H](O)C(=O)NC1C[C@@H](N)C(O[C@H]2OC(CN)[C@@H](O)C(O)[C@@H]2O)[C@H](O)C1O[C@H]1OC(CO)[C@@H](O)C(N)[C@@H]1O. The van der Waals surface area contributed by atoms with Crippen LogP contribution in [-0.4, -0.2) is 164 Å². The van der Waals surface area contributed by atoms with Gasteiger partial charge in [0, 0.05) is 12.6 Å². The van der Waals surface area contributed by atoms with Gasteiger partial charge in [0.2, 0.25) is 5.91 Å². The van der Waals surface area contributed by atoms with Gasteiger partial charge in [-0.1, -0.05) is 0 Å². The van der Waals surface area contributed by atoms with Gasteiger partial charge in [0.25, 0.3) is 0 Å². The lowest BCUT2D eigenvalue weighted by Crippen LogP contribution is -2.69. The second-order valence-corrected chi connectivity index (χ2v) is 10.3. The lowest BCUT2D eigenvalue weighted by Gasteiger charge is -2.49. The van der Waals surface area contributed by atoms with Crippen molar-refractivity contribution >= 4 is 5.91 Å². The van der Waals surface area contributed by atoms with E-state index in [0.717, 1.165) is 0 Å². The fraction of sp³-hybridized carbons (Fsp3) is 0.955. The highest BCUT2D eigenvalue weighted by molar-refractivity contribution is 5.80. The van der Waals surface area contributed by atoms with Crippen molar-refractivity contribution in [3.63, 3.8) is 0 Å². The first-order valence-corrected chi connectivity index (χ1v) is 13.1. The minimum absolute atomic E-state index is 0.0101. The highest BCUT2D eigenvalue weighted by atomic mass is 16.7. The van der Waals surface area contributed by atoms with Gasteiger partial charge in [0.05, 0.1) is 18.7 Å². The third-order valence-electron chi connectivity index (χ3n) is 7.51. The Balaban J connectivity index is 1.85. The lowest BCUT2D eigenvalue weighted by atomic mass is 9.83. The van der Waals surface area contributed by atoms with Crippen LogP contribution in [-0.2, 0) is 23.7 Å². The quantitative estimate of drug-likeness (QED) is 0.113. The van der Waals surface area contributed by atoms with Gasteiger partial charge >= 0.3 is 0 Å². The largest absolute Gasteiger partial charge is 0.394 e. The van der Waals surface area contributed by atoms with E-state index < -0.39 is 110 Å². The average molecular weight is 586 g/mol. The van der Waals surface area contributed by atoms with Crippen molar-refractivity contribution in [3.05, 3.63) is 0 Å². The molecule has 18 heteroatoms. The molecular weight excluding hydrogens is 542 g/mol. The molecule has 0 aromatic rings. The van der Waals surface area contributed by atoms with Gasteiger partial charge in [0.1, 0.15) is 67.1 Å². The Labute approximate surface area is 229 Å². The fourth-order valence-electron chi connectivity index (χ4n) is 5.07. The van der Waals surface area contributed by atoms with Gasteiger partial charge in [-0.2, -0.15) is 0 Å². The summed E-state index contributed by atoms with van der Waals surface area (Å²) < 4.78 is 22.5. The molecule has 0 radical (unpaired) electrons. The molecule has 0 spiro atoms. The summed E-state index contributed by atoms with van der Waals surface area (Å²) in [6, 6.07) is -3.45. The number of hydrogen-bond donors (Lipinski definition) is 13. The maximum absolute atomic E-state index is 12.6. The first-order valence-electron chi connectivity index (χ1n) is 13.1. The molecule has 7 unspecified atom stereocenters. The van der Waals surface area contributed by atoms with Crippen LogP contribution in [0, 0.1) is 0 Å². The normalized spacial score (nSPS) is 47.0. The Morgan fingerprint density at radius 1 is 0.850 bits per heavy atom. The van der Waals surface area contributed by atoms with E-state index in [1.807, 2.05) is 0 Å². The zero-order valence-electron chi connectivity index (χ0n) is 21.7. The molecule has 17 N–H and O–H groups in total. The number of hydrogen-bond acceptors (Lipinski definition) is 17. The van der Waals surface area contributed by atoms with Gasteiger partial charge in [0.15, 0.2) is 12.6 Å². The molecule has 2 aliphatic heterocycles. The Bertz CT molecular complexity index is 815. The van der Waals surface area contributed by atoms with Crippen LogP contribution in [0.5, 0.6) is 0 Å². The molecule has 1 saturated carbocycles. The van der Waals surface area contributed by atoms with Crippen LogP contribution in [0.4, 0.5) is 0 Å². The highest BCUT2D eigenvalue weighted by Crippen LogP contribution is 2.32. The highest BCUT2D eigenvalue weighted by Gasteiger charge is 2.52. The summed E-state index contributed by atoms with van der Waals surface area (Å²) in [4.78, 5) is 12.6. The molecule has 3 fully saturated rings. The summed E-state index contributed by atoms with van der Waals surface area (Å²) in [5.41, 5.74) is 23.1. The maximum atomic E-state index is 12.6. The van der Waals surface area contributed by atoms with Crippen molar-refractivity contribution in [2.75, 3.05) is 19.7 Å². The standard InChI is InChI=1S/C22H43N5O13/c23-2-1-8(29)20(36)27-7-3-6(25)18(39-22-16(34)15(33)13(31)9(4-24)37-22)17(35)19(7)40-21-14(32)11(26)12(30)10(5-28)38-21/h6-19,21-22,28-35H,1-5,23-26H2,(H,27,36)/t6-,7?,8+,9?,10?,11?,12-,13-,14+,15?,16+,17+,18?,19?,21-,22-/m1/s1. The number of ether oxygens (including phenoxy) is 4. The van der Waals surface area contributed by atoms with Crippen LogP contribution in [0.1, 0.15) is 12.8 Å². The second kappa shape index (κ2) is 14.3. The van der Waals surface area contributed by atoms with E-state index in [9.17, 15) is 45.6 Å². The van der Waals surface area contributed by atoms with Gasteiger partial charge in [-0.15, -0.1) is 0 Å². The number of amides is 1. The Hall–Kier alpha value is -1.17. The Kier molecular flexibility index (Phi) is 11.9. The smallest absolute Gasteiger partial charge is 0.249 e. The minimum Gasteiger partial charge on any atom is -0.394 e. The summed E-state index contributed by atoms with van der Waals surface area (Å²) in [5.74, 6) is -0.845. The summed E-state index contributed by atoms with van der Waals surface area (Å²) in [6.07, 6.45) is -19.8. The van der Waals surface area contributed by atoms with Crippen molar-refractivity contribution in [2.24, 2.45) is 22.9 Å². The third kappa shape index (κ3) is 7.06. The van der Waals surface area contributed by atoms with E-state index in [0.29, 0.717) is 0 Å². The number of aliphatic hydroxyl groups excluding tert-OH is 8. The summed E-state index contributed by atoms with van der Waals surface area (Å²) in [5, 5.41) is 84.9. The van der Waals surface area contributed by atoms with Crippen molar-refractivity contribution in [1.82, 2.24) is 5.32 Å². The van der Waals surface area contributed by atoms with Crippen molar-refractivity contribution < 1.29 is 64.6 Å². The van der Waals surface area contributed by atoms with E-state index in [-0.39, 0.29) is 25.9 Å². The second-order valence-electron chi connectivity index (χ2n) is 10.3. The van der Waals surface area contributed by atoms with Crippen LogP contribution in [0.15, 0.2) is 0 Å². The van der Waals surface area contributed by atoms with E-state index in [2.05, 4.69) is 5.32 Å². The number of carbonyl (C=O) groups excluding carboxylic acids is 1. The minimum atomic E-state index is -1.76. The molecule has 1 amide bonds. The Morgan fingerprint density at radius 2 is 1.45 bits per heavy atom. The topological polar surface area (TPSA) is 332 Å². The Morgan fingerprint density at radius 3 is 2.05 bits per heavy atom. The first kappa shape index (κ1) is 33.3. The molecule has 40 heavy (non-hydrogen) atoms. The van der Waals surface area contributed by atoms with E-state index in [4.69, 9.17) is 41.9 Å². The van der Waals surface area contributed by atoms with Crippen molar-refractivity contribution in [1.29, 1.82) is 0 Å². The molecule has 2 heterocycles. The van der Waals surface area contributed by atoms with Crippen molar-refractivity contribution in [2.45, 2.75) is 111 Å². The zero-order chi connectivity index (χ0) is 29.9. The number of nitrogens with one attached hydrogen (secondary N) is 1. The molecule has 1 aliphatic carbocycles. The number of nitrogens with two attached hydrogens (primary N) is 4. The molecule has 3 aliphatic rings. The lowest BCUT2D eigenvalue weighted by molar-refractivity contribution is -0.332. The van der Waals surface area contributed by atoms with E-state index in [1.54, 1.807) is 0 Å². The van der Waals surface area contributed by atoms with Gasteiger partial charge in [-0.25, -0.2) is 0 Å². The summed E-state index contributed by atoms with van der Waals surface area (Å²) in [7, 11) is 0. The molecule has 18 nitrogen and oxygen atoms in total. The predicted octanol–water partition coefficient (Wildman–Crippen LogP) is -8.42. The van der Waals surface area contributed by atoms with Gasteiger partial charge < -0.3 is 88.1 Å².